The van der Waals surface area contributed by atoms with E-state index in [-0.39, 0.29) is 5.91 Å². The molecule has 2 bridgehead atoms. The molecule has 152 valence electrons. The second-order valence-corrected chi connectivity index (χ2v) is 7.09. The zero-order valence-corrected chi connectivity index (χ0v) is 16.4. The lowest BCUT2D eigenvalue weighted by Gasteiger charge is -2.49. The highest BCUT2D eigenvalue weighted by molar-refractivity contribution is 5.96. The zero-order chi connectivity index (χ0) is 20.6. The molecule has 4 rings (SSSR count). The number of para-hydroxylation sites is 1. The van der Waals surface area contributed by atoms with Crippen molar-refractivity contribution in [2.24, 2.45) is 5.92 Å². The first kappa shape index (κ1) is 18.9. The predicted octanol–water partition coefficient (Wildman–Crippen LogP) is 2.81. The Labute approximate surface area is 168 Å². The van der Waals surface area contributed by atoms with Gasteiger partial charge < -0.3 is 24.8 Å². The number of urea groups is 1. The molecule has 3 amide bonds. The average molecular weight is 397 g/mol. The van der Waals surface area contributed by atoms with E-state index in [1.807, 2.05) is 19.1 Å². The summed E-state index contributed by atoms with van der Waals surface area (Å²) in [6.45, 7) is 4.06. The fourth-order valence-electron chi connectivity index (χ4n) is 3.89. The van der Waals surface area contributed by atoms with E-state index in [0.29, 0.717) is 35.1 Å². The average Bonchev–Trinajstić information content (AvgIpc) is 2.68. The lowest BCUT2D eigenvalue weighted by atomic mass is 9.79. The molecule has 2 aliphatic rings. The van der Waals surface area contributed by atoms with E-state index in [2.05, 4.69) is 16.0 Å². The maximum atomic E-state index is 13.2. The monoisotopic (exact) mass is 397 g/mol. The first-order valence-corrected chi connectivity index (χ1v) is 9.43. The summed E-state index contributed by atoms with van der Waals surface area (Å²) in [6.07, 6.45) is 0. The van der Waals surface area contributed by atoms with Crippen molar-refractivity contribution in [3.05, 3.63) is 48.0 Å². The number of methoxy groups -OCH3 is 1. The summed E-state index contributed by atoms with van der Waals surface area (Å²) in [7, 11) is 1.58. The number of anilines is 1. The molecule has 3 N–H and O–H groups in total. The second-order valence-electron chi connectivity index (χ2n) is 7.09. The molecule has 0 unspecified atom stereocenters. The molecule has 2 aromatic rings. The van der Waals surface area contributed by atoms with Crippen LogP contribution in [0.1, 0.15) is 25.5 Å². The number of rotatable bonds is 5. The minimum atomic E-state index is -1.23. The summed E-state index contributed by atoms with van der Waals surface area (Å²) in [5.41, 5.74) is 0.0971. The van der Waals surface area contributed by atoms with Gasteiger partial charge in [0.1, 0.15) is 11.7 Å². The highest BCUT2D eigenvalue weighted by Crippen LogP contribution is 2.48. The highest BCUT2D eigenvalue weighted by atomic mass is 16.5. The van der Waals surface area contributed by atoms with Crippen molar-refractivity contribution in [3.8, 4) is 17.2 Å². The number of carbonyl (C=O) groups excluding carboxylic acids is 2. The van der Waals surface area contributed by atoms with Crippen molar-refractivity contribution in [3.63, 3.8) is 0 Å². The van der Waals surface area contributed by atoms with E-state index in [4.69, 9.17) is 14.2 Å². The third kappa shape index (κ3) is 3.30. The standard InChI is InChI=1S/C21H23N3O5/c1-4-28-15-7-5-6-14-17-16(21(2,29-18(14)15)24-20(26)23-17)19(25)22-12-8-10-13(27-3)11-9-12/h5-11,16-17H,4H2,1-3H3,(H,22,25)(H2,23,24,26)/t16-,17-,21-/m1/s1. The second kappa shape index (κ2) is 7.20. The largest absolute Gasteiger partial charge is 0.497 e. The number of hydrogen-bond donors (Lipinski definition) is 3. The summed E-state index contributed by atoms with van der Waals surface area (Å²) < 4.78 is 17.0. The van der Waals surface area contributed by atoms with Crippen molar-refractivity contribution in [1.29, 1.82) is 0 Å². The van der Waals surface area contributed by atoms with Gasteiger partial charge in [-0.25, -0.2) is 4.79 Å². The Bertz CT molecular complexity index is 946. The Balaban J connectivity index is 1.69. The Hall–Kier alpha value is -3.42. The van der Waals surface area contributed by atoms with Gasteiger partial charge in [-0.2, -0.15) is 0 Å². The minimum absolute atomic E-state index is 0.275. The third-order valence-corrected chi connectivity index (χ3v) is 5.17. The molecule has 1 saturated heterocycles. The molecule has 0 saturated carbocycles. The molecule has 0 radical (unpaired) electrons. The molecule has 2 aromatic carbocycles. The van der Waals surface area contributed by atoms with Gasteiger partial charge in [-0.05, 0) is 44.2 Å². The first-order valence-electron chi connectivity index (χ1n) is 9.43. The van der Waals surface area contributed by atoms with Crippen molar-refractivity contribution < 1.29 is 23.8 Å². The van der Waals surface area contributed by atoms with Gasteiger partial charge in [0.25, 0.3) is 0 Å². The summed E-state index contributed by atoms with van der Waals surface area (Å²) >= 11 is 0. The first-order chi connectivity index (χ1) is 13.9. The Morgan fingerprint density at radius 3 is 2.69 bits per heavy atom. The number of ether oxygens (including phenoxy) is 3. The lowest BCUT2D eigenvalue weighted by molar-refractivity contribution is -0.133. The topological polar surface area (TPSA) is 97.9 Å². The van der Waals surface area contributed by atoms with Gasteiger partial charge in [-0.1, -0.05) is 12.1 Å². The van der Waals surface area contributed by atoms with Crippen LogP contribution >= 0.6 is 0 Å². The van der Waals surface area contributed by atoms with Gasteiger partial charge in [0.2, 0.25) is 5.91 Å². The van der Waals surface area contributed by atoms with Crippen LogP contribution in [0.4, 0.5) is 10.5 Å². The Kier molecular flexibility index (Phi) is 4.70. The number of nitrogens with one attached hydrogen (secondary N) is 3. The molecule has 0 aliphatic carbocycles. The summed E-state index contributed by atoms with van der Waals surface area (Å²) in [6, 6.07) is 11.6. The molecule has 29 heavy (non-hydrogen) atoms. The summed E-state index contributed by atoms with van der Waals surface area (Å²) in [5.74, 6) is 0.824. The van der Waals surface area contributed by atoms with Crippen molar-refractivity contribution in [2.75, 3.05) is 19.0 Å². The molecular weight excluding hydrogens is 374 g/mol. The highest BCUT2D eigenvalue weighted by Gasteiger charge is 2.56. The molecule has 0 spiro atoms. The number of benzene rings is 2. The number of hydrogen-bond acceptors (Lipinski definition) is 5. The quantitative estimate of drug-likeness (QED) is 0.721. The van der Waals surface area contributed by atoms with Gasteiger partial charge in [-0.15, -0.1) is 0 Å². The molecule has 3 atom stereocenters. The maximum Gasteiger partial charge on any atom is 0.318 e. The van der Waals surface area contributed by atoms with E-state index in [0.717, 1.165) is 0 Å². The predicted molar refractivity (Wildman–Crippen MR) is 106 cm³/mol. The molecule has 0 aromatic heterocycles. The van der Waals surface area contributed by atoms with Crippen LogP contribution in [-0.2, 0) is 4.79 Å². The smallest absolute Gasteiger partial charge is 0.318 e. The SMILES string of the molecule is CCOc1cccc2c1O[C@@]1(C)NC(=O)N[C@H]2[C@@H]1C(=O)Nc1ccc(OC)cc1. The van der Waals surface area contributed by atoms with Gasteiger partial charge in [0, 0.05) is 11.3 Å². The molecule has 2 heterocycles. The number of amides is 3. The Morgan fingerprint density at radius 1 is 1.24 bits per heavy atom. The fourth-order valence-corrected chi connectivity index (χ4v) is 3.89. The summed E-state index contributed by atoms with van der Waals surface area (Å²) in [5, 5.41) is 8.53. The zero-order valence-electron chi connectivity index (χ0n) is 16.4. The molecule has 2 aliphatic heterocycles. The normalized spacial score (nSPS) is 24.3. The van der Waals surface area contributed by atoms with E-state index in [9.17, 15) is 9.59 Å². The Morgan fingerprint density at radius 2 is 2.00 bits per heavy atom. The molecule has 1 fully saturated rings. The number of carbonyl (C=O) groups is 2. The van der Waals surface area contributed by atoms with Crippen LogP contribution in [0.25, 0.3) is 0 Å². The van der Waals surface area contributed by atoms with Crippen molar-refractivity contribution in [1.82, 2.24) is 10.6 Å². The number of fused-ring (bicyclic) bond motifs is 4. The third-order valence-electron chi connectivity index (χ3n) is 5.17. The van der Waals surface area contributed by atoms with Crippen LogP contribution in [0, 0.1) is 5.92 Å². The summed E-state index contributed by atoms with van der Waals surface area (Å²) in [4.78, 5) is 25.4. The minimum Gasteiger partial charge on any atom is -0.497 e. The van der Waals surface area contributed by atoms with Crippen LogP contribution < -0.4 is 30.2 Å². The van der Waals surface area contributed by atoms with Gasteiger partial charge in [-0.3, -0.25) is 10.1 Å². The van der Waals surface area contributed by atoms with Gasteiger partial charge >= 0.3 is 6.03 Å². The van der Waals surface area contributed by atoms with E-state index < -0.39 is 23.7 Å². The van der Waals surface area contributed by atoms with Gasteiger partial charge in [0.05, 0.1) is 19.8 Å². The molecular formula is C21H23N3O5. The molecule has 8 nitrogen and oxygen atoms in total. The molecule has 8 heteroatoms. The fraction of sp³-hybridized carbons (Fsp3) is 0.333. The van der Waals surface area contributed by atoms with Crippen LogP contribution in [-0.4, -0.2) is 31.4 Å². The van der Waals surface area contributed by atoms with E-state index in [1.54, 1.807) is 44.4 Å². The van der Waals surface area contributed by atoms with Gasteiger partial charge in [0.15, 0.2) is 17.2 Å². The van der Waals surface area contributed by atoms with E-state index >= 15 is 0 Å². The maximum absolute atomic E-state index is 13.2. The van der Waals surface area contributed by atoms with Crippen LogP contribution in [0.3, 0.4) is 0 Å². The van der Waals surface area contributed by atoms with Crippen LogP contribution in [0.15, 0.2) is 42.5 Å². The van der Waals surface area contributed by atoms with Crippen molar-refractivity contribution >= 4 is 17.6 Å². The van der Waals surface area contributed by atoms with Crippen LogP contribution in [0.5, 0.6) is 17.2 Å². The van der Waals surface area contributed by atoms with Crippen LogP contribution in [0.2, 0.25) is 0 Å². The lowest BCUT2D eigenvalue weighted by Crippen LogP contribution is -2.70. The van der Waals surface area contributed by atoms with E-state index in [1.165, 1.54) is 0 Å². The van der Waals surface area contributed by atoms with Crippen molar-refractivity contribution in [2.45, 2.75) is 25.6 Å².